The summed E-state index contributed by atoms with van der Waals surface area (Å²) in [6.45, 7) is 3.67. The van der Waals surface area contributed by atoms with Gasteiger partial charge in [0, 0.05) is 13.1 Å². The molecule has 3 aromatic rings. The number of benzene rings is 3. The summed E-state index contributed by atoms with van der Waals surface area (Å²) in [6.07, 6.45) is 0. The second-order valence-electron chi connectivity index (χ2n) is 6.72. The van der Waals surface area contributed by atoms with Gasteiger partial charge >= 0.3 is 0 Å². The van der Waals surface area contributed by atoms with Crippen LogP contribution in [0.4, 0.5) is 5.69 Å². The molecule has 0 aliphatic carbocycles. The largest absolute Gasteiger partial charge is 0.497 e. The lowest BCUT2D eigenvalue weighted by Gasteiger charge is -2.26. The zero-order chi connectivity index (χ0) is 21.2. The zero-order valence-corrected chi connectivity index (χ0v) is 18.6. The van der Waals surface area contributed by atoms with Crippen LogP contribution in [0.5, 0.6) is 11.5 Å². The molecule has 156 valence electrons. The minimum absolute atomic E-state index is 0.759. The van der Waals surface area contributed by atoms with Crippen LogP contribution >= 0.6 is 11.8 Å². The van der Waals surface area contributed by atoms with Gasteiger partial charge in [-0.25, -0.2) is 4.99 Å². The Balaban J connectivity index is 1.91. The van der Waals surface area contributed by atoms with E-state index in [1.165, 1.54) is 11.1 Å². The normalized spacial score (nSPS) is 11.2. The maximum Gasteiger partial charge on any atom is 0.164 e. The smallest absolute Gasteiger partial charge is 0.164 e. The van der Waals surface area contributed by atoms with Crippen LogP contribution < -0.4 is 9.47 Å². The van der Waals surface area contributed by atoms with Gasteiger partial charge in [-0.15, -0.1) is 0 Å². The van der Waals surface area contributed by atoms with Gasteiger partial charge in [0.15, 0.2) is 5.17 Å². The van der Waals surface area contributed by atoms with Crippen molar-refractivity contribution in [1.29, 1.82) is 0 Å². The number of thioether (sulfide) groups is 1. The van der Waals surface area contributed by atoms with Crippen molar-refractivity contribution in [2.45, 2.75) is 20.0 Å². The minimum Gasteiger partial charge on any atom is -0.497 e. The fraction of sp³-hybridized carbons (Fsp3) is 0.240. The first kappa shape index (κ1) is 21.8. The molecule has 0 amide bonds. The van der Waals surface area contributed by atoms with Crippen LogP contribution in [-0.4, -0.2) is 30.0 Å². The Hall–Kier alpha value is -2.92. The predicted octanol–water partition coefficient (Wildman–Crippen LogP) is 6.15. The van der Waals surface area contributed by atoms with Gasteiger partial charge in [-0.3, -0.25) is 0 Å². The number of methoxy groups -OCH3 is 2. The summed E-state index contributed by atoms with van der Waals surface area (Å²) in [5.41, 5.74) is 3.38. The molecular weight excluding hydrogens is 392 g/mol. The van der Waals surface area contributed by atoms with Gasteiger partial charge in [-0.05, 0) is 53.3 Å². The summed E-state index contributed by atoms with van der Waals surface area (Å²) in [7, 11) is 3.38. The monoisotopic (exact) mass is 420 g/mol. The highest BCUT2D eigenvalue weighted by Crippen LogP contribution is 2.23. The highest BCUT2D eigenvalue weighted by Gasteiger charge is 2.14. The molecule has 0 saturated heterocycles. The van der Waals surface area contributed by atoms with Crippen LogP contribution in [0.15, 0.2) is 83.9 Å². The Morgan fingerprint density at radius 3 is 1.70 bits per heavy atom. The van der Waals surface area contributed by atoms with Crippen molar-refractivity contribution in [3.63, 3.8) is 0 Å². The van der Waals surface area contributed by atoms with Gasteiger partial charge in [0.1, 0.15) is 11.5 Å². The third kappa shape index (κ3) is 6.29. The summed E-state index contributed by atoms with van der Waals surface area (Å²) in [4.78, 5) is 7.29. The average molecular weight is 421 g/mol. The minimum atomic E-state index is 0.759. The first-order valence-corrected chi connectivity index (χ1v) is 11.0. The second kappa shape index (κ2) is 11.3. The van der Waals surface area contributed by atoms with E-state index in [4.69, 9.17) is 14.5 Å². The number of hydrogen-bond donors (Lipinski definition) is 0. The molecule has 0 radical (unpaired) electrons. The highest BCUT2D eigenvalue weighted by atomic mass is 32.2. The first-order chi connectivity index (χ1) is 14.7. The highest BCUT2D eigenvalue weighted by molar-refractivity contribution is 8.13. The summed E-state index contributed by atoms with van der Waals surface area (Å²) in [5, 5.41) is 1.01. The molecule has 0 heterocycles. The number of ether oxygens (including phenoxy) is 2. The fourth-order valence-corrected chi connectivity index (χ4v) is 3.77. The van der Waals surface area contributed by atoms with Crippen LogP contribution in [-0.2, 0) is 13.1 Å². The molecular formula is C25H28N2O2S. The molecule has 0 unspecified atom stereocenters. The van der Waals surface area contributed by atoms with Crippen LogP contribution in [0.3, 0.4) is 0 Å². The standard InChI is InChI=1S/C25H28N2O2S/c1-4-30-25(26-22-8-6-5-7-9-22)27(18-20-10-14-23(28-2)15-11-20)19-21-12-16-24(29-3)17-13-21/h5-17H,4,18-19H2,1-3H3. The van der Waals surface area contributed by atoms with E-state index >= 15 is 0 Å². The van der Waals surface area contributed by atoms with E-state index in [9.17, 15) is 0 Å². The third-order valence-electron chi connectivity index (χ3n) is 4.59. The Morgan fingerprint density at radius 1 is 0.767 bits per heavy atom. The number of hydrogen-bond acceptors (Lipinski definition) is 4. The molecule has 5 heteroatoms. The topological polar surface area (TPSA) is 34.1 Å². The van der Waals surface area contributed by atoms with Crippen molar-refractivity contribution < 1.29 is 9.47 Å². The Kier molecular flexibility index (Phi) is 8.21. The SMILES string of the molecule is CCSC(=Nc1ccccc1)N(Cc1ccc(OC)cc1)Cc1ccc(OC)cc1. The molecule has 0 aliphatic heterocycles. The predicted molar refractivity (Wildman–Crippen MR) is 127 cm³/mol. The van der Waals surface area contributed by atoms with E-state index in [1.807, 2.05) is 54.6 Å². The lowest BCUT2D eigenvalue weighted by molar-refractivity contribution is 0.405. The molecule has 0 atom stereocenters. The molecule has 0 N–H and O–H groups in total. The van der Waals surface area contributed by atoms with E-state index in [0.717, 1.165) is 41.2 Å². The van der Waals surface area contributed by atoms with Crippen molar-refractivity contribution in [2.24, 2.45) is 4.99 Å². The van der Waals surface area contributed by atoms with Crippen molar-refractivity contribution in [3.05, 3.63) is 90.0 Å². The van der Waals surface area contributed by atoms with Crippen LogP contribution in [0, 0.1) is 0 Å². The lowest BCUT2D eigenvalue weighted by atomic mass is 10.1. The fourth-order valence-electron chi connectivity index (χ4n) is 3.03. The Labute approximate surface area is 183 Å². The summed E-state index contributed by atoms with van der Waals surface area (Å²) in [6, 6.07) is 26.6. The van der Waals surface area contributed by atoms with E-state index in [-0.39, 0.29) is 0 Å². The van der Waals surface area contributed by atoms with Gasteiger partial charge in [0.2, 0.25) is 0 Å². The van der Waals surface area contributed by atoms with E-state index in [0.29, 0.717) is 0 Å². The first-order valence-electron chi connectivity index (χ1n) is 9.99. The Morgan fingerprint density at radius 2 is 1.27 bits per heavy atom. The number of aliphatic imine (C=N–C) groups is 1. The second-order valence-corrected chi connectivity index (χ2v) is 7.95. The number of para-hydroxylation sites is 1. The third-order valence-corrected chi connectivity index (χ3v) is 5.49. The van der Waals surface area contributed by atoms with Gasteiger partial charge in [0.25, 0.3) is 0 Å². The van der Waals surface area contributed by atoms with Crippen LogP contribution in [0.1, 0.15) is 18.1 Å². The van der Waals surface area contributed by atoms with E-state index in [1.54, 1.807) is 26.0 Å². The van der Waals surface area contributed by atoms with Gasteiger partial charge < -0.3 is 14.4 Å². The van der Waals surface area contributed by atoms with Crippen molar-refractivity contribution in [2.75, 3.05) is 20.0 Å². The molecule has 4 nitrogen and oxygen atoms in total. The molecule has 0 saturated carbocycles. The van der Waals surface area contributed by atoms with Crippen LogP contribution in [0.25, 0.3) is 0 Å². The molecule has 0 spiro atoms. The summed E-state index contributed by atoms with van der Waals surface area (Å²) in [5.74, 6) is 2.68. The van der Waals surface area contributed by atoms with E-state index in [2.05, 4.69) is 36.1 Å². The molecule has 3 aromatic carbocycles. The van der Waals surface area contributed by atoms with Crippen LogP contribution in [0.2, 0.25) is 0 Å². The molecule has 0 aliphatic rings. The maximum absolute atomic E-state index is 5.30. The zero-order valence-electron chi connectivity index (χ0n) is 17.7. The summed E-state index contributed by atoms with van der Waals surface area (Å²) >= 11 is 1.76. The molecule has 3 rings (SSSR count). The van der Waals surface area contributed by atoms with Crippen molar-refractivity contribution >= 4 is 22.6 Å². The van der Waals surface area contributed by atoms with Crippen molar-refractivity contribution in [1.82, 2.24) is 4.90 Å². The Bertz CT molecular complexity index is 876. The van der Waals surface area contributed by atoms with Gasteiger partial charge in [-0.2, -0.15) is 0 Å². The quantitative estimate of drug-likeness (QED) is 0.323. The average Bonchev–Trinajstić information content (AvgIpc) is 2.80. The maximum atomic E-state index is 5.30. The van der Waals surface area contributed by atoms with Gasteiger partial charge in [0.05, 0.1) is 19.9 Å². The van der Waals surface area contributed by atoms with Gasteiger partial charge in [-0.1, -0.05) is 61.2 Å². The molecule has 0 aromatic heterocycles. The van der Waals surface area contributed by atoms with E-state index < -0.39 is 0 Å². The number of amidine groups is 1. The molecule has 30 heavy (non-hydrogen) atoms. The summed E-state index contributed by atoms with van der Waals surface area (Å²) < 4.78 is 10.6. The van der Waals surface area contributed by atoms with Crippen molar-refractivity contribution in [3.8, 4) is 11.5 Å². The number of nitrogens with zero attached hydrogens (tertiary/aromatic N) is 2. The lowest BCUT2D eigenvalue weighted by Crippen LogP contribution is -2.28. The molecule has 0 bridgehead atoms. The number of rotatable bonds is 8. The molecule has 0 fully saturated rings.